The number of non-ortho nitro benzene ring substituents is 1. The number of Topliss-reactive ketones (excluding diaryl/α,β-unsaturated/α-hetero) is 1. The molecule has 0 bridgehead atoms. The van der Waals surface area contributed by atoms with E-state index < -0.39 is 22.2 Å². The first kappa shape index (κ1) is 36.4. The number of dihydropyridines is 1. The number of piperidine rings is 1. The van der Waals surface area contributed by atoms with Crippen LogP contribution in [-0.4, -0.2) is 90.8 Å². The van der Waals surface area contributed by atoms with Gasteiger partial charge in [0.05, 0.1) is 35.3 Å². The summed E-state index contributed by atoms with van der Waals surface area (Å²) in [6.07, 6.45) is 2.20. The lowest BCUT2D eigenvalue weighted by Gasteiger charge is -2.40. The number of rotatable bonds is 15. The number of esters is 1. The van der Waals surface area contributed by atoms with E-state index in [0.29, 0.717) is 86.1 Å². The lowest BCUT2D eigenvalue weighted by atomic mass is 9.72. The fourth-order valence-electron chi connectivity index (χ4n) is 6.62. The summed E-state index contributed by atoms with van der Waals surface area (Å²) >= 11 is 0. The Kier molecular flexibility index (Phi) is 12.6. The smallest absolute Gasteiger partial charge is 0.316 e. The molecule has 13 nitrogen and oxygen atoms in total. The number of methoxy groups -OCH3 is 1. The molecule has 4 N–H and O–H groups in total. The Bertz CT molecular complexity index is 1530. The van der Waals surface area contributed by atoms with Crippen LogP contribution in [-0.2, 0) is 29.3 Å². The first-order chi connectivity index (χ1) is 23.0. The molecule has 1 atom stereocenters. The average molecular weight is 664 g/mol. The van der Waals surface area contributed by atoms with Crippen molar-refractivity contribution >= 4 is 23.3 Å². The number of allylic oxidation sites excluding steroid dienone is 2. The third-order valence-corrected chi connectivity index (χ3v) is 9.12. The summed E-state index contributed by atoms with van der Waals surface area (Å²) in [7, 11) is 1.41. The molecule has 2 aromatic rings. The maximum atomic E-state index is 14.1. The molecule has 0 aromatic heterocycles. The van der Waals surface area contributed by atoms with Gasteiger partial charge in [0.15, 0.2) is 5.78 Å². The minimum Gasteiger partial charge on any atom is -0.468 e. The molecule has 1 saturated heterocycles. The third kappa shape index (κ3) is 8.16. The van der Waals surface area contributed by atoms with Crippen LogP contribution in [0.3, 0.4) is 0 Å². The van der Waals surface area contributed by atoms with Gasteiger partial charge >= 0.3 is 5.97 Å². The van der Waals surface area contributed by atoms with Gasteiger partial charge in [-0.1, -0.05) is 42.5 Å². The van der Waals surface area contributed by atoms with Gasteiger partial charge in [0.2, 0.25) is 0 Å². The number of hydrogen-bond donors (Lipinski definition) is 3. The molecule has 1 fully saturated rings. The fraction of sp³-hybridized carbons (Fsp3) is 0.457. The Morgan fingerprint density at radius 3 is 2.33 bits per heavy atom. The minimum atomic E-state index is -0.897. The number of nitrogens with two attached hydrogens (primary N) is 1. The Hall–Kier alpha value is -4.43. The number of carbonyl (C=O) groups is 3. The number of hydroxylamine groups is 2. The fourth-order valence-corrected chi connectivity index (χ4v) is 6.62. The summed E-state index contributed by atoms with van der Waals surface area (Å²) in [4.78, 5) is 52.9. The van der Waals surface area contributed by atoms with Gasteiger partial charge < -0.3 is 25.4 Å². The van der Waals surface area contributed by atoms with Crippen molar-refractivity contribution in [1.29, 1.82) is 0 Å². The number of nitrogens with one attached hydrogen (secondary N) is 1. The van der Waals surface area contributed by atoms with Crippen LogP contribution in [0.25, 0.3) is 0 Å². The lowest BCUT2D eigenvalue weighted by Crippen LogP contribution is -2.48. The molecule has 258 valence electrons. The van der Waals surface area contributed by atoms with Crippen molar-refractivity contribution in [2.45, 2.75) is 50.9 Å². The second-order valence-electron chi connectivity index (χ2n) is 12.2. The summed E-state index contributed by atoms with van der Waals surface area (Å²) in [6, 6.07) is 15.3. The molecule has 4 rings (SSSR count). The predicted octanol–water partition coefficient (Wildman–Crippen LogP) is 3.58. The molecule has 13 heteroatoms. The molecule has 0 radical (unpaired) electrons. The van der Waals surface area contributed by atoms with Crippen LogP contribution in [0.1, 0.15) is 56.6 Å². The Balaban J connectivity index is 1.52. The number of ether oxygens (including phenoxy) is 2. The van der Waals surface area contributed by atoms with Gasteiger partial charge in [0, 0.05) is 42.5 Å². The van der Waals surface area contributed by atoms with Crippen LogP contribution >= 0.6 is 0 Å². The van der Waals surface area contributed by atoms with Crippen LogP contribution < -0.4 is 11.1 Å². The number of amides is 1. The zero-order valence-corrected chi connectivity index (χ0v) is 27.8. The van der Waals surface area contributed by atoms with Crippen molar-refractivity contribution in [3.63, 3.8) is 0 Å². The van der Waals surface area contributed by atoms with Gasteiger partial charge in [0.25, 0.3) is 11.6 Å². The number of ketones is 1. The van der Waals surface area contributed by atoms with Gasteiger partial charge in [-0.15, -0.1) is 0 Å². The van der Waals surface area contributed by atoms with Crippen LogP contribution in [0.2, 0.25) is 0 Å². The van der Waals surface area contributed by atoms with Gasteiger partial charge in [-0.05, 0) is 76.8 Å². The van der Waals surface area contributed by atoms with Crippen molar-refractivity contribution < 1.29 is 34.0 Å². The van der Waals surface area contributed by atoms with E-state index in [9.17, 15) is 29.7 Å². The highest BCUT2D eigenvalue weighted by Crippen LogP contribution is 2.40. The van der Waals surface area contributed by atoms with Gasteiger partial charge in [0.1, 0.15) is 0 Å². The van der Waals surface area contributed by atoms with Crippen LogP contribution in [0.4, 0.5) is 5.69 Å². The Morgan fingerprint density at radius 1 is 1.08 bits per heavy atom. The quantitative estimate of drug-likeness (QED) is 0.0834. The van der Waals surface area contributed by atoms with Crippen molar-refractivity contribution in [2.24, 2.45) is 5.73 Å². The van der Waals surface area contributed by atoms with Crippen LogP contribution in [0.5, 0.6) is 0 Å². The van der Waals surface area contributed by atoms with Gasteiger partial charge in [-0.3, -0.25) is 29.7 Å². The standard InChI is InChI=1S/C35H45N5O8/c1-24-30(25(2)41)31(26-11-13-28(14-12-26)40(45)46)32(29(37-24)23-48-22-7-17-36)33(42)39(44)19-8-18-38-20-15-35(16-21-38,34(43)47-3)27-9-5-4-6-10-27/h4-6,9-14,31,37,44H,7-8,15-23,36H2,1-3H3. The highest BCUT2D eigenvalue weighted by Gasteiger charge is 2.44. The number of nitrogens with zero attached hydrogens (tertiary/aromatic N) is 3. The van der Waals surface area contributed by atoms with Crippen molar-refractivity contribution in [2.75, 3.05) is 53.0 Å². The summed E-state index contributed by atoms with van der Waals surface area (Å²) in [6.45, 7) is 5.73. The molecule has 48 heavy (non-hydrogen) atoms. The van der Waals surface area contributed by atoms with E-state index in [1.54, 1.807) is 6.92 Å². The molecule has 1 unspecified atom stereocenters. The molecule has 2 aliphatic rings. The summed E-state index contributed by atoms with van der Waals surface area (Å²) in [5, 5.41) is 26.3. The van der Waals surface area contributed by atoms with Gasteiger partial charge in [-0.25, -0.2) is 5.06 Å². The zero-order chi connectivity index (χ0) is 34.8. The number of nitro benzene ring substituents is 1. The molecule has 0 aliphatic carbocycles. The Labute approximate surface area is 280 Å². The van der Waals surface area contributed by atoms with E-state index in [-0.39, 0.29) is 36.2 Å². The maximum Gasteiger partial charge on any atom is 0.316 e. The van der Waals surface area contributed by atoms with Crippen LogP contribution in [0.15, 0.2) is 77.1 Å². The lowest BCUT2D eigenvalue weighted by molar-refractivity contribution is -0.384. The van der Waals surface area contributed by atoms with E-state index >= 15 is 0 Å². The van der Waals surface area contributed by atoms with Crippen molar-refractivity contribution in [3.8, 4) is 0 Å². The monoisotopic (exact) mass is 663 g/mol. The summed E-state index contributed by atoms with van der Waals surface area (Å²) in [5.41, 5.74) is 7.52. The summed E-state index contributed by atoms with van der Waals surface area (Å²) < 4.78 is 11.0. The normalized spacial score (nSPS) is 17.9. The van der Waals surface area contributed by atoms with E-state index in [1.807, 2.05) is 30.3 Å². The molecular formula is C35H45N5O8. The minimum absolute atomic E-state index is 0.00193. The average Bonchev–Trinajstić information content (AvgIpc) is 3.09. The topological polar surface area (TPSA) is 178 Å². The predicted molar refractivity (Wildman–Crippen MR) is 178 cm³/mol. The molecule has 0 saturated carbocycles. The first-order valence-electron chi connectivity index (χ1n) is 16.1. The van der Waals surface area contributed by atoms with Gasteiger partial charge in [-0.2, -0.15) is 0 Å². The van der Waals surface area contributed by atoms with Crippen molar-refractivity contribution in [1.82, 2.24) is 15.3 Å². The molecular weight excluding hydrogens is 618 g/mol. The molecule has 2 aromatic carbocycles. The SMILES string of the molecule is COC(=O)C1(c2ccccc2)CCN(CCCN(O)C(=O)C2=C(COCCCN)NC(C)=C(C(C)=O)C2c2ccc([N+](=O)[O-])cc2)CC1. The third-order valence-electron chi connectivity index (χ3n) is 9.12. The highest BCUT2D eigenvalue weighted by atomic mass is 16.6. The zero-order valence-electron chi connectivity index (χ0n) is 27.8. The molecule has 2 aliphatic heterocycles. The largest absolute Gasteiger partial charge is 0.468 e. The number of carbonyl (C=O) groups excluding carboxylic acids is 3. The number of hydrogen-bond acceptors (Lipinski definition) is 11. The number of benzene rings is 2. The van der Waals surface area contributed by atoms with E-state index in [1.165, 1.54) is 38.3 Å². The van der Waals surface area contributed by atoms with Crippen LogP contribution in [0, 0.1) is 10.1 Å². The Morgan fingerprint density at radius 2 is 1.75 bits per heavy atom. The van der Waals surface area contributed by atoms with E-state index in [2.05, 4.69) is 10.2 Å². The second kappa shape index (κ2) is 16.6. The maximum absolute atomic E-state index is 14.1. The van der Waals surface area contributed by atoms with E-state index in [4.69, 9.17) is 15.2 Å². The molecule has 1 amide bonds. The number of nitro groups is 1. The first-order valence-corrected chi connectivity index (χ1v) is 16.1. The number of likely N-dealkylation sites (tertiary alicyclic amines) is 1. The molecule has 2 heterocycles. The second-order valence-corrected chi connectivity index (χ2v) is 12.2. The molecule has 0 spiro atoms. The van der Waals surface area contributed by atoms with Crippen molar-refractivity contribution in [3.05, 3.63) is 98.4 Å². The summed E-state index contributed by atoms with van der Waals surface area (Å²) in [5.74, 6) is -2.15. The highest BCUT2D eigenvalue weighted by molar-refractivity contribution is 6.03. The van der Waals surface area contributed by atoms with E-state index in [0.717, 1.165) is 5.56 Å².